The van der Waals surface area contributed by atoms with Crippen LogP contribution in [-0.4, -0.2) is 38.2 Å². The first-order valence-electron chi connectivity index (χ1n) is 8.28. The number of Topliss-reactive ketones (excluding diaryl/α,β-unsaturated/α-hetero) is 1. The van der Waals surface area contributed by atoms with E-state index in [4.69, 9.17) is 18.9 Å². The van der Waals surface area contributed by atoms with Crippen LogP contribution in [-0.2, 0) is 4.79 Å². The molecule has 0 amide bonds. The Kier molecular flexibility index (Phi) is 4.94. The molecule has 1 heterocycles. The van der Waals surface area contributed by atoms with Crippen LogP contribution in [0.1, 0.15) is 40.7 Å². The minimum Gasteiger partial charge on any atom is -0.507 e. The number of aromatic hydroxyl groups is 1. The molecular formula is C20H20O7. The summed E-state index contributed by atoms with van der Waals surface area (Å²) in [5.74, 6) is 0.0632. The predicted molar refractivity (Wildman–Crippen MR) is 96.3 cm³/mol. The lowest BCUT2D eigenvalue weighted by Crippen LogP contribution is -2.22. The third-order valence-corrected chi connectivity index (χ3v) is 4.59. The highest BCUT2D eigenvalue weighted by Crippen LogP contribution is 2.48. The SMILES string of the molecule is COc1cc([C@H]2CC(=O)Oc3ccc(C(C)=O)c(O)c32)cc(OC)c1OC. The molecule has 0 saturated carbocycles. The van der Waals surface area contributed by atoms with E-state index in [0.717, 1.165) is 0 Å². The number of phenolic OH excluding ortho intramolecular Hbond substituents is 1. The molecule has 0 radical (unpaired) electrons. The Morgan fingerprint density at radius 3 is 2.26 bits per heavy atom. The molecule has 0 aromatic heterocycles. The van der Waals surface area contributed by atoms with Crippen LogP contribution in [0.2, 0.25) is 0 Å². The lowest BCUT2D eigenvalue weighted by atomic mass is 9.84. The summed E-state index contributed by atoms with van der Waals surface area (Å²) in [6.07, 6.45) is 0.000551. The van der Waals surface area contributed by atoms with Gasteiger partial charge in [0.15, 0.2) is 17.3 Å². The van der Waals surface area contributed by atoms with Crippen molar-refractivity contribution in [3.05, 3.63) is 41.0 Å². The van der Waals surface area contributed by atoms with E-state index in [1.54, 1.807) is 12.1 Å². The predicted octanol–water partition coefficient (Wildman–Crippen LogP) is 3.06. The zero-order valence-electron chi connectivity index (χ0n) is 15.5. The number of carbonyl (C=O) groups is 2. The Labute approximate surface area is 156 Å². The van der Waals surface area contributed by atoms with Crippen molar-refractivity contribution >= 4 is 11.8 Å². The molecule has 1 aliphatic rings. The van der Waals surface area contributed by atoms with Crippen molar-refractivity contribution in [3.63, 3.8) is 0 Å². The zero-order valence-corrected chi connectivity index (χ0v) is 15.5. The molecule has 0 unspecified atom stereocenters. The first kappa shape index (κ1) is 18.6. The summed E-state index contributed by atoms with van der Waals surface area (Å²) in [4.78, 5) is 23.9. The fraction of sp³-hybridized carbons (Fsp3) is 0.300. The molecule has 0 fully saturated rings. The van der Waals surface area contributed by atoms with Crippen LogP contribution in [0.15, 0.2) is 24.3 Å². The second-order valence-corrected chi connectivity index (χ2v) is 6.12. The summed E-state index contributed by atoms with van der Waals surface area (Å²) >= 11 is 0. The van der Waals surface area contributed by atoms with E-state index >= 15 is 0 Å². The number of rotatable bonds is 5. The maximum Gasteiger partial charge on any atom is 0.312 e. The standard InChI is InChI=1S/C20H20O7/c1-10(21)12-5-6-14-18(19(12)23)13(9-17(22)27-14)11-7-15(24-2)20(26-4)16(8-11)25-3/h5-8,13,23H,9H2,1-4H3/t13-/m1/s1. The van der Waals surface area contributed by atoms with E-state index in [2.05, 4.69) is 0 Å². The molecule has 2 aromatic rings. The molecule has 0 aliphatic carbocycles. The first-order chi connectivity index (χ1) is 12.9. The average Bonchev–Trinajstić information content (AvgIpc) is 2.65. The third-order valence-electron chi connectivity index (χ3n) is 4.59. The van der Waals surface area contributed by atoms with Gasteiger partial charge in [-0.25, -0.2) is 0 Å². The number of phenols is 1. The second kappa shape index (κ2) is 7.19. The van der Waals surface area contributed by atoms with E-state index < -0.39 is 11.9 Å². The van der Waals surface area contributed by atoms with Gasteiger partial charge in [-0.1, -0.05) is 0 Å². The fourth-order valence-electron chi connectivity index (χ4n) is 3.32. The second-order valence-electron chi connectivity index (χ2n) is 6.12. The average molecular weight is 372 g/mol. The van der Waals surface area contributed by atoms with Gasteiger partial charge in [-0.3, -0.25) is 9.59 Å². The third kappa shape index (κ3) is 3.16. The van der Waals surface area contributed by atoms with Gasteiger partial charge in [0, 0.05) is 11.5 Å². The number of carbonyl (C=O) groups excluding carboxylic acids is 2. The summed E-state index contributed by atoms with van der Waals surface area (Å²) in [6, 6.07) is 6.40. The van der Waals surface area contributed by atoms with Crippen LogP contribution in [0.5, 0.6) is 28.7 Å². The molecule has 0 saturated heterocycles. The molecule has 27 heavy (non-hydrogen) atoms. The molecule has 0 spiro atoms. The van der Waals surface area contributed by atoms with Crippen molar-refractivity contribution in [2.24, 2.45) is 0 Å². The van der Waals surface area contributed by atoms with Crippen LogP contribution < -0.4 is 18.9 Å². The van der Waals surface area contributed by atoms with Crippen molar-refractivity contribution in [2.75, 3.05) is 21.3 Å². The van der Waals surface area contributed by atoms with Crippen LogP contribution in [0.25, 0.3) is 0 Å². The quantitative estimate of drug-likeness (QED) is 0.490. The Morgan fingerprint density at radius 2 is 1.74 bits per heavy atom. The maximum atomic E-state index is 12.1. The van der Waals surface area contributed by atoms with Gasteiger partial charge in [0.25, 0.3) is 0 Å². The Balaban J connectivity index is 2.23. The van der Waals surface area contributed by atoms with Crippen LogP contribution in [0, 0.1) is 0 Å². The lowest BCUT2D eigenvalue weighted by molar-refractivity contribution is -0.135. The van der Waals surface area contributed by atoms with Crippen molar-refractivity contribution in [3.8, 4) is 28.7 Å². The van der Waals surface area contributed by atoms with Gasteiger partial charge >= 0.3 is 5.97 Å². The van der Waals surface area contributed by atoms with Gasteiger partial charge in [-0.05, 0) is 36.8 Å². The highest BCUT2D eigenvalue weighted by molar-refractivity contribution is 5.98. The monoisotopic (exact) mass is 372 g/mol. The largest absolute Gasteiger partial charge is 0.507 e. The molecule has 142 valence electrons. The molecule has 7 nitrogen and oxygen atoms in total. The summed E-state index contributed by atoms with van der Waals surface area (Å²) in [5.41, 5.74) is 1.22. The van der Waals surface area contributed by atoms with E-state index in [-0.39, 0.29) is 29.3 Å². The zero-order chi connectivity index (χ0) is 19.7. The molecule has 1 atom stereocenters. The van der Waals surface area contributed by atoms with Gasteiger partial charge in [0.2, 0.25) is 5.75 Å². The Hall–Kier alpha value is -3.22. The fourth-order valence-corrected chi connectivity index (χ4v) is 3.32. The number of methoxy groups -OCH3 is 3. The summed E-state index contributed by atoms with van der Waals surface area (Å²) in [6.45, 7) is 1.37. The number of fused-ring (bicyclic) bond motifs is 1. The van der Waals surface area contributed by atoms with E-state index in [1.807, 2.05) is 0 Å². The number of ether oxygens (including phenoxy) is 4. The maximum absolute atomic E-state index is 12.1. The number of hydrogen-bond acceptors (Lipinski definition) is 7. The van der Waals surface area contributed by atoms with E-state index in [0.29, 0.717) is 28.4 Å². The van der Waals surface area contributed by atoms with E-state index in [1.165, 1.54) is 40.4 Å². The van der Waals surface area contributed by atoms with Gasteiger partial charge in [0.1, 0.15) is 11.5 Å². The molecule has 1 N–H and O–H groups in total. The van der Waals surface area contributed by atoms with Crippen molar-refractivity contribution < 1.29 is 33.6 Å². The molecule has 7 heteroatoms. The molecule has 2 aromatic carbocycles. The van der Waals surface area contributed by atoms with Gasteiger partial charge in [-0.2, -0.15) is 0 Å². The summed E-state index contributed by atoms with van der Waals surface area (Å²) in [7, 11) is 4.49. The van der Waals surface area contributed by atoms with Gasteiger partial charge < -0.3 is 24.1 Å². The lowest BCUT2D eigenvalue weighted by Gasteiger charge is -2.27. The Morgan fingerprint density at radius 1 is 1.11 bits per heavy atom. The Bertz CT molecular complexity index is 892. The molecular weight excluding hydrogens is 352 g/mol. The number of esters is 1. The minimum absolute atomic E-state index is 0.000551. The smallest absolute Gasteiger partial charge is 0.312 e. The number of hydrogen-bond donors (Lipinski definition) is 1. The first-order valence-corrected chi connectivity index (χ1v) is 8.28. The van der Waals surface area contributed by atoms with Crippen molar-refractivity contribution in [1.29, 1.82) is 0 Å². The van der Waals surface area contributed by atoms with Crippen molar-refractivity contribution in [1.82, 2.24) is 0 Å². The molecule has 3 rings (SSSR count). The number of benzene rings is 2. The highest BCUT2D eigenvalue weighted by atomic mass is 16.5. The van der Waals surface area contributed by atoms with Crippen LogP contribution in [0.4, 0.5) is 0 Å². The normalized spacial score (nSPS) is 15.6. The molecule has 0 bridgehead atoms. The van der Waals surface area contributed by atoms with Gasteiger partial charge in [0.05, 0.1) is 33.3 Å². The summed E-state index contributed by atoms with van der Waals surface area (Å²) in [5, 5.41) is 10.7. The van der Waals surface area contributed by atoms with Crippen LogP contribution in [0.3, 0.4) is 0 Å². The molecule has 1 aliphatic heterocycles. The topological polar surface area (TPSA) is 91.3 Å². The number of ketones is 1. The minimum atomic E-state index is -0.533. The van der Waals surface area contributed by atoms with Crippen molar-refractivity contribution in [2.45, 2.75) is 19.3 Å². The van der Waals surface area contributed by atoms with Crippen LogP contribution >= 0.6 is 0 Å². The summed E-state index contributed by atoms with van der Waals surface area (Å²) < 4.78 is 21.3. The van der Waals surface area contributed by atoms with E-state index in [9.17, 15) is 14.7 Å². The van der Waals surface area contributed by atoms with Gasteiger partial charge in [-0.15, -0.1) is 0 Å². The highest BCUT2D eigenvalue weighted by Gasteiger charge is 2.34.